The van der Waals surface area contributed by atoms with Crippen molar-refractivity contribution in [2.24, 2.45) is 0 Å². The van der Waals surface area contributed by atoms with E-state index in [9.17, 15) is 9.59 Å². The number of anilines is 1. The summed E-state index contributed by atoms with van der Waals surface area (Å²) in [6.45, 7) is 6.05. The largest absolute Gasteiger partial charge is 0.324 e. The Hall–Kier alpha value is -2.61. The van der Waals surface area contributed by atoms with Crippen LogP contribution in [0.25, 0.3) is 15.9 Å². The molecule has 4 rings (SSSR count). The molecule has 0 spiro atoms. The second-order valence-electron chi connectivity index (χ2n) is 7.37. The number of carbonyl (C=O) groups is 1. The fraction of sp³-hybridized carbons (Fsp3) is 0.208. The molecule has 0 aliphatic rings. The number of halogens is 1. The molecule has 0 unspecified atom stereocenters. The molecule has 0 atom stereocenters. The summed E-state index contributed by atoms with van der Waals surface area (Å²) < 4.78 is 1.61. The van der Waals surface area contributed by atoms with E-state index in [1.807, 2.05) is 44.2 Å². The molecular formula is C24H22ClN3O2S2. The van der Waals surface area contributed by atoms with Crippen molar-refractivity contribution in [2.45, 2.75) is 32.3 Å². The van der Waals surface area contributed by atoms with Crippen molar-refractivity contribution < 1.29 is 4.79 Å². The molecule has 0 radical (unpaired) electrons. The van der Waals surface area contributed by atoms with Crippen LogP contribution >= 0.6 is 34.7 Å². The lowest BCUT2D eigenvalue weighted by molar-refractivity contribution is -0.113. The fourth-order valence-electron chi connectivity index (χ4n) is 3.44. The molecule has 4 aromatic rings. The normalized spacial score (nSPS) is 11.1. The molecule has 32 heavy (non-hydrogen) atoms. The van der Waals surface area contributed by atoms with Crippen LogP contribution in [0.1, 0.15) is 22.9 Å². The quantitative estimate of drug-likeness (QED) is 0.269. The van der Waals surface area contributed by atoms with E-state index in [0.29, 0.717) is 26.1 Å². The highest BCUT2D eigenvalue weighted by atomic mass is 35.5. The fourth-order valence-corrected chi connectivity index (χ4v) is 5.60. The Bertz CT molecular complexity index is 1360. The Morgan fingerprint density at radius 3 is 2.56 bits per heavy atom. The molecular weight excluding hydrogens is 462 g/mol. The monoisotopic (exact) mass is 483 g/mol. The van der Waals surface area contributed by atoms with Crippen LogP contribution in [0.4, 0.5) is 5.69 Å². The average molecular weight is 484 g/mol. The number of carbonyl (C=O) groups excluding carboxylic acids is 1. The number of rotatable bonds is 6. The first-order valence-electron chi connectivity index (χ1n) is 10.2. The zero-order valence-electron chi connectivity index (χ0n) is 17.9. The number of aryl methyl sites for hydroxylation is 3. The van der Waals surface area contributed by atoms with Crippen LogP contribution in [0.5, 0.6) is 0 Å². The molecule has 1 N–H and O–H groups in total. The Kier molecular flexibility index (Phi) is 6.69. The summed E-state index contributed by atoms with van der Waals surface area (Å²) in [6.07, 6.45) is 0.847. The Balaban J connectivity index is 1.73. The van der Waals surface area contributed by atoms with Gasteiger partial charge in [-0.05, 0) is 50.1 Å². The molecule has 1 amide bonds. The number of amides is 1. The number of benzene rings is 2. The third kappa shape index (κ3) is 4.46. The van der Waals surface area contributed by atoms with E-state index in [2.05, 4.69) is 12.2 Å². The van der Waals surface area contributed by atoms with Crippen LogP contribution in [-0.2, 0) is 11.2 Å². The lowest BCUT2D eigenvalue weighted by atomic mass is 10.2. The Labute approximate surface area is 199 Å². The maximum atomic E-state index is 13.6. The molecule has 0 aliphatic heterocycles. The van der Waals surface area contributed by atoms with Gasteiger partial charge in [-0.2, -0.15) is 0 Å². The standard InChI is InChI=1S/C24H22ClN3O2S2/c1-4-19-15(3)21-22(32-19)27-24(28(23(21)30)16-11-9-14(2)10-12-16)31-13-20(29)26-18-8-6-5-7-17(18)25/h5-12H,4,13H2,1-3H3,(H,26,29). The van der Waals surface area contributed by atoms with E-state index in [1.54, 1.807) is 34.1 Å². The van der Waals surface area contributed by atoms with E-state index in [-0.39, 0.29) is 17.2 Å². The van der Waals surface area contributed by atoms with Gasteiger partial charge in [0, 0.05) is 4.88 Å². The van der Waals surface area contributed by atoms with Gasteiger partial charge in [0.05, 0.1) is 27.5 Å². The lowest BCUT2D eigenvalue weighted by Gasteiger charge is -2.13. The minimum atomic E-state index is -0.218. The molecule has 164 valence electrons. The van der Waals surface area contributed by atoms with E-state index in [4.69, 9.17) is 16.6 Å². The number of thiophene rings is 1. The molecule has 8 heteroatoms. The van der Waals surface area contributed by atoms with Gasteiger partial charge in [-0.1, -0.05) is 60.1 Å². The summed E-state index contributed by atoms with van der Waals surface area (Å²) in [5.74, 6) is -0.121. The first-order valence-corrected chi connectivity index (χ1v) is 12.4. The molecule has 2 aromatic heterocycles. The number of hydrogen-bond acceptors (Lipinski definition) is 5. The van der Waals surface area contributed by atoms with Crippen LogP contribution in [0.15, 0.2) is 58.5 Å². The number of nitrogens with zero attached hydrogens (tertiary/aromatic N) is 2. The van der Waals surface area contributed by atoms with Crippen molar-refractivity contribution in [3.8, 4) is 5.69 Å². The van der Waals surface area contributed by atoms with Crippen LogP contribution in [0.3, 0.4) is 0 Å². The minimum absolute atomic E-state index is 0.0972. The molecule has 2 heterocycles. The molecule has 0 saturated heterocycles. The van der Waals surface area contributed by atoms with Crippen molar-refractivity contribution in [1.82, 2.24) is 9.55 Å². The SMILES string of the molecule is CCc1sc2nc(SCC(=O)Nc3ccccc3Cl)n(-c3ccc(C)cc3)c(=O)c2c1C. The highest BCUT2D eigenvalue weighted by Gasteiger charge is 2.19. The van der Waals surface area contributed by atoms with Crippen LogP contribution in [0.2, 0.25) is 5.02 Å². The van der Waals surface area contributed by atoms with Crippen LogP contribution in [-0.4, -0.2) is 21.2 Å². The topological polar surface area (TPSA) is 64.0 Å². The number of hydrogen-bond donors (Lipinski definition) is 1. The molecule has 5 nitrogen and oxygen atoms in total. The van der Waals surface area contributed by atoms with Crippen molar-refractivity contribution in [3.05, 3.63) is 79.9 Å². The molecule has 0 aliphatic carbocycles. The third-order valence-electron chi connectivity index (χ3n) is 5.13. The summed E-state index contributed by atoms with van der Waals surface area (Å²) in [6, 6.07) is 14.8. The zero-order valence-corrected chi connectivity index (χ0v) is 20.3. The van der Waals surface area contributed by atoms with Gasteiger partial charge >= 0.3 is 0 Å². The summed E-state index contributed by atoms with van der Waals surface area (Å²) in [5, 5.41) is 4.43. The van der Waals surface area contributed by atoms with Crippen molar-refractivity contribution >= 4 is 56.5 Å². The molecule has 2 aromatic carbocycles. The summed E-state index contributed by atoms with van der Waals surface area (Å²) in [4.78, 5) is 32.8. The minimum Gasteiger partial charge on any atom is -0.324 e. The first kappa shape index (κ1) is 22.6. The third-order valence-corrected chi connectivity index (χ3v) is 7.72. The summed E-state index contributed by atoms with van der Waals surface area (Å²) in [7, 11) is 0. The number of thioether (sulfide) groups is 1. The van der Waals surface area contributed by atoms with Crippen LogP contribution in [0, 0.1) is 13.8 Å². The smallest absolute Gasteiger partial charge is 0.267 e. The number of aromatic nitrogens is 2. The zero-order chi connectivity index (χ0) is 22.8. The summed E-state index contributed by atoms with van der Waals surface area (Å²) in [5.41, 5.74) is 3.26. The Morgan fingerprint density at radius 1 is 1.16 bits per heavy atom. The van der Waals surface area contributed by atoms with Crippen molar-refractivity contribution in [2.75, 3.05) is 11.1 Å². The predicted molar refractivity (Wildman–Crippen MR) is 135 cm³/mol. The van der Waals surface area contributed by atoms with Crippen molar-refractivity contribution in [1.29, 1.82) is 0 Å². The molecule has 0 saturated carbocycles. The second-order valence-corrected chi connectivity index (χ2v) is 9.80. The van der Waals surface area contributed by atoms with Crippen LogP contribution < -0.4 is 10.9 Å². The average Bonchev–Trinajstić information content (AvgIpc) is 3.10. The maximum Gasteiger partial charge on any atom is 0.267 e. The number of nitrogens with one attached hydrogen (secondary N) is 1. The van der Waals surface area contributed by atoms with Gasteiger partial charge in [0.25, 0.3) is 5.56 Å². The maximum absolute atomic E-state index is 13.6. The second kappa shape index (κ2) is 9.48. The van der Waals surface area contributed by atoms with Gasteiger partial charge in [0.2, 0.25) is 5.91 Å². The van der Waals surface area contributed by atoms with Gasteiger partial charge in [-0.25, -0.2) is 4.98 Å². The van der Waals surface area contributed by atoms with Gasteiger partial charge in [0.1, 0.15) is 4.83 Å². The van der Waals surface area contributed by atoms with Gasteiger partial charge < -0.3 is 5.32 Å². The molecule has 0 fully saturated rings. The van der Waals surface area contributed by atoms with E-state index < -0.39 is 0 Å². The van der Waals surface area contributed by atoms with Gasteiger partial charge in [0.15, 0.2) is 5.16 Å². The predicted octanol–water partition coefficient (Wildman–Crippen LogP) is 6.01. The Morgan fingerprint density at radius 2 is 1.88 bits per heavy atom. The van der Waals surface area contributed by atoms with Gasteiger partial charge in [-0.3, -0.25) is 14.2 Å². The number of para-hydroxylation sites is 1. The van der Waals surface area contributed by atoms with E-state index in [1.165, 1.54) is 11.8 Å². The van der Waals surface area contributed by atoms with Gasteiger partial charge in [-0.15, -0.1) is 11.3 Å². The first-order chi connectivity index (χ1) is 15.4. The molecule has 0 bridgehead atoms. The van der Waals surface area contributed by atoms with E-state index >= 15 is 0 Å². The highest BCUT2D eigenvalue weighted by Crippen LogP contribution is 2.31. The van der Waals surface area contributed by atoms with E-state index in [0.717, 1.165) is 28.1 Å². The van der Waals surface area contributed by atoms with Crippen molar-refractivity contribution in [3.63, 3.8) is 0 Å². The highest BCUT2D eigenvalue weighted by molar-refractivity contribution is 7.99. The number of fused-ring (bicyclic) bond motifs is 1. The summed E-state index contributed by atoms with van der Waals surface area (Å²) >= 11 is 8.92. The lowest BCUT2D eigenvalue weighted by Crippen LogP contribution is -2.23.